The van der Waals surface area contributed by atoms with Crippen LogP contribution in [0.3, 0.4) is 0 Å². The maximum atomic E-state index is 11.6. The van der Waals surface area contributed by atoms with Crippen LogP contribution < -0.4 is 127 Å². The Hall–Kier alpha value is 0.640. The average molecular weight is 1110 g/mol. The quantitative estimate of drug-likeness (QED) is 0.0299. The van der Waals surface area contributed by atoms with Crippen molar-refractivity contribution < 1.29 is 115 Å². The smallest absolute Gasteiger partial charge is 0.0264 e. The highest BCUT2D eigenvalue weighted by Gasteiger charge is 2.19. The summed E-state index contributed by atoms with van der Waals surface area (Å²) in [5.74, 6) is 0. The van der Waals surface area contributed by atoms with E-state index in [0.29, 0.717) is 19.6 Å². The molecule has 0 aromatic rings. The van der Waals surface area contributed by atoms with Crippen LogP contribution in [0.15, 0.2) is 0 Å². The maximum absolute atomic E-state index is 11.6. The van der Waals surface area contributed by atoms with Gasteiger partial charge in [-0.2, -0.15) is 0 Å². The summed E-state index contributed by atoms with van der Waals surface area (Å²) in [6.45, 7) is -7.35. The van der Waals surface area contributed by atoms with Crippen molar-refractivity contribution in [2.24, 2.45) is 0 Å². The molecule has 0 saturated heterocycles. The van der Waals surface area contributed by atoms with Crippen molar-refractivity contribution in [2.75, 3.05) is 116 Å². The standard InChI is InChI=1S/C18H52N6O24P8.8H3N/c25-49(26,27)11-19(3-5-21(13-51(31,32)33)7-9-23(15-53(37,38)39)16-54(40,41)42)1-2-20(12-50(28,29)30)4-6-22(14-52(34,35)36)8-10-24(17-55(43,44)45)18-56(46,47)48;;;;;;;;/h1-18H2,(H2,25,26,27)(H2,28,29,30)(H2,31,32,33)(H2,34,35,36)(H2,37,38,39)(H2,40,41,42)(H2,43,44,45)(H2,46,47,48);8*1H3/p-8. The van der Waals surface area contributed by atoms with Crippen molar-refractivity contribution in [1.29, 1.82) is 0 Å². The molecule has 32 N–H and O–H groups in total. The number of nitrogens with zero attached hydrogens (tertiary/aromatic N) is 6. The van der Waals surface area contributed by atoms with Crippen LogP contribution in [0.25, 0.3) is 0 Å². The summed E-state index contributed by atoms with van der Waals surface area (Å²) < 4.78 is 91.0. The molecule has 0 fully saturated rings. The van der Waals surface area contributed by atoms with Gasteiger partial charge < -0.3 is 164 Å². The van der Waals surface area contributed by atoms with Gasteiger partial charge in [0.05, 0.1) is 0 Å². The van der Waals surface area contributed by atoms with E-state index in [0.717, 1.165) is 9.80 Å². The number of quaternary nitrogens is 8. The summed E-state index contributed by atoms with van der Waals surface area (Å²) in [5, 5.41) is 0. The summed E-state index contributed by atoms with van der Waals surface area (Å²) in [6.07, 6.45) is -11.6. The molecule has 0 aliphatic rings. The highest BCUT2D eigenvalue weighted by molar-refractivity contribution is 7.50. The second-order valence-corrected chi connectivity index (χ2v) is 24.3. The lowest BCUT2D eigenvalue weighted by Gasteiger charge is -2.43. The molecule has 64 heavy (non-hydrogen) atoms. The van der Waals surface area contributed by atoms with Gasteiger partial charge in [0.15, 0.2) is 0 Å². The van der Waals surface area contributed by atoms with E-state index in [1.807, 2.05) is 0 Å². The van der Waals surface area contributed by atoms with Gasteiger partial charge in [0.25, 0.3) is 0 Å². The molecule has 46 heteroatoms. The highest BCUT2D eigenvalue weighted by Crippen LogP contribution is 2.33. The van der Waals surface area contributed by atoms with Crippen LogP contribution in [0, 0.1) is 0 Å². The molecule has 0 amide bonds. The van der Waals surface area contributed by atoms with Gasteiger partial charge in [0.2, 0.25) is 0 Å². The molecule has 0 bridgehead atoms. The average Bonchev–Trinajstić information content (AvgIpc) is 2.87. The highest BCUT2D eigenvalue weighted by atomic mass is 31.2. The lowest BCUT2D eigenvalue weighted by Crippen LogP contribution is -2.47. The third-order valence-corrected chi connectivity index (χ3v) is 12.6. The third-order valence-electron chi connectivity index (χ3n) is 6.65. The monoisotopic (exact) mass is 1110 g/mol. The molecule has 0 aliphatic heterocycles. The first kappa shape index (κ1) is 84.6. The lowest BCUT2D eigenvalue weighted by atomic mass is 10.4. The molecule has 402 valence electrons. The fraction of sp³-hybridized carbons (Fsp3) is 1.00. The predicted molar refractivity (Wildman–Crippen MR) is 207 cm³/mol. The van der Waals surface area contributed by atoms with Gasteiger partial charge in [0.1, 0.15) is 0 Å². The molecule has 0 radical (unpaired) electrons. The molecule has 38 nitrogen and oxygen atoms in total. The van der Waals surface area contributed by atoms with Crippen molar-refractivity contribution in [2.45, 2.75) is 0 Å². The van der Waals surface area contributed by atoms with E-state index in [4.69, 9.17) is 0 Å². The molecule has 0 aromatic carbocycles. The molecular formula is C18H68N14O24P8-8. The Balaban J connectivity index is -0.000000540. The molecule has 0 saturated carbocycles. The maximum Gasteiger partial charge on any atom is 0.0264 e. The molecule has 0 unspecified atom stereocenters. The molecule has 0 atom stereocenters. The van der Waals surface area contributed by atoms with Gasteiger partial charge in [-0.15, -0.1) is 0 Å². The van der Waals surface area contributed by atoms with Crippen molar-refractivity contribution in [3.63, 3.8) is 0 Å². The zero-order chi connectivity index (χ0) is 44.2. The molecule has 0 aliphatic carbocycles. The second kappa shape index (κ2) is 34.9. The van der Waals surface area contributed by atoms with E-state index in [1.54, 1.807) is 0 Å². The Morgan fingerprint density at radius 1 is 0.188 bits per heavy atom. The Kier molecular flexibility index (Phi) is 46.1. The van der Waals surface area contributed by atoms with Crippen molar-refractivity contribution in [3.8, 4) is 0 Å². The minimum atomic E-state index is -5.52. The summed E-state index contributed by atoms with van der Waals surface area (Å²) in [5.41, 5.74) is 0. The van der Waals surface area contributed by atoms with Crippen LogP contribution in [0.1, 0.15) is 0 Å². The minimum absolute atomic E-state index is 0. The summed E-state index contributed by atoms with van der Waals surface area (Å²) in [7, 11) is -44.1. The van der Waals surface area contributed by atoms with Gasteiger partial charge in [0, 0.05) is 116 Å². The largest absolute Gasteiger partial charge is 0.810 e. The topological polar surface area (TPSA) is 817 Å². The van der Waals surface area contributed by atoms with Gasteiger partial charge in [-0.1, -0.05) is 60.8 Å². The first-order valence-corrected chi connectivity index (χ1v) is 28.9. The zero-order valence-electron chi connectivity index (χ0n) is 36.8. The van der Waals surface area contributed by atoms with E-state index in [1.165, 1.54) is 0 Å². The van der Waals surface area contributed by atoms with Gasteiger partial charge in [-0.25, -0.2) is 0 Å². The number of hydrogen-bond donors (Lipinski definition) is 8. The minimum Gasteiger partial charge on any atom is -0.810 e. The van der Waals surface area contributed by atoms with E-state index in [-0.39, 0.29) is 49.2 Å². The zero-order valence-corrected chi connectivity index (χ0v) is 43.9. The summed E-state index contributed by atoms with van der Waals surface area (Å²) in [4.78, 5) is 185. The van der Waals surface area contributed by atoms with Crippen LogP contribution in [0.4, 0.5) is 0 Å². The Labute approximate surface area is 369 Å². The van der Waals surface area contributed by atoms with E-state index < -0.39 is 177 Å². The number of hydrogen-bond acceptors (Lipinski definition) is 30. The first-order valence-electron chi connectivity index (χ1n) is 15.1. The SMILES string of the molecule is O=P([O-])([O-])CN(CCN(CCN(CCN(CP(=O)([O-])[O-])CP(=O)([O-])[O-])CP(=O)([O-])[O-])CP(=O)([O-])[O-])CCN(CCN(CP(=O)([O-])[O-])CP(=O)([O-])[O-])CP(=O)([O-])[O-].[NH4+].[NH4+].[NH4+].[NH4+].[NH4+].[NH4+].[NH4+].[NH4+]. The Bertz CT molecular complexity index is 1450. The van der Waals surface area contributed by atoms with Crippen LogP contribution >= 0.6 is 60.8 Å². The van der Waals surface area contributed by atoms with Gasteiger partial charge >= 0.3 is 0 Å². The van der Waals surface area contributed by atoms with E-state index in [2.05, 4.69) is 0 Å². The predicted octanol–water partition coefficient (Wildman–Crippen LogP) is -11.2. The molecule has 0 spiro atoms. The lowest BCUT2D eigenvalue weighted by molar-refractivity contribution is -0.321. The fourth-order valence-corrected chi connectivity index (χ4v) is 11.1. The fourth-order valence-electron chi connectivity index (χ4n) is 4.76. The summed E-state index contributed by atoms with van der Waals surface area (Å²) in [6, 6.07) is 0. The molecular weight excluding hydrogens is 1040 g/mol. The Morgan fingerprint density at radius 3 is 0.359 bits per heavy atom. The van der Waals surface area contributed by atoms with Gasteiger partial charge in [-0.05, 0) is 0 Å². The van der Waals surface area contributed by atoms with E-state index >= 15 is 0 Å². The van der Waals surface area contributed by atoms with Crippen molar-refractivity contribution in [1.82, 2.24) is 78.6 Å². The second-order valence-electron chi connectivity index (χ2n) is 12.3. The van der Waals surface area contributed by atoms with Crippen LogP contribution in [-0.2, 0) is 36.5 Å². The van der Waals surface area contributed by atoms with Crippen LogP contribution in [0.5, 0.6) is 0 Å². The molecule has 0 rings (SSSR count). The van der Waals surface area contributed by atoms with Gasteiger partial charge in [-0.3, -0.25) is 29.4 Å². The molecule has 0 heterocycles. The molecule has 0 aromatic heterocycles. The van der Waals surface area contributed by atoms with E-state index in [9.17, 15) is 115 Å². The normalized spacial score (nSPS) is 12.9. The summed E-state index contributed by atoms with van der Waals surface area (Å²) >= 11 is 0. The van der Waals surface area contributed by atoms with Crippen molar-refractivity contribution >= 4 is 60.8 Å². The first-order chi connectivity index (χ1) is 24.7. The van der Waals surface area contributed by atoms with Crippen LogP contribution in [0.2, 0.25) is 0 Å². The van der Waals surface area contributed by atoms with Crippen LogP contribution in [-0.4, -0.2) is 145 Å². The number of rotatable bonds is 31. The van der Waals surface area contributed by atoms with Crippen molar-refractivity contribution in [3.05, 3.63) is 0 Å². The third kappa shape index (κ3) is 55.2. The Morgan fingerprint density at radius 2 is 0.266 bits per heavy atom.